The third kappa shape index (κ3) is 2.55. The molecule has 0 saturated carbocycles. The number of benzene rings is 1. The molecule has 1 saturated heterocycles. The van der Waals surface area contributed by atoms with Gasteiger partial charge in [-0.1, -0.05) is 5.46 Å². The molecule has 0 aliphatic carbocycles. The van der Waals surface area contributed by atoms with Crippen LogP contribution in [0.25, 0.3) is 0 Å². The van der Waals surface area contributed by atoms with E-state index in [0.717, 1.165) is 4.31 Å². The highest BCUT2D eigenvalue weighted by molar-refractivity contribution is 7.89. The molecule has 0 aromatic heterocycles. The Morgan fingerprint density at radius 3 is 2.61 bits per heavy atom. The van der Waals surface area contributed by atoms with Gasteiger partial charge in [0.05, 0.1) is 12.7 Å². The predicted octanol–water partition coefficient (Wildman–Crippen LogP) is -0.222. The highest BCUT2D eigenvalue weighted by Gasteiger charge is 2.32. The van der Waals surface area contributed by atoms with Gasteiger partial charge in [-0.15, -0.1) is 0 Å². The molecule has 1 aromatic rings. The number of halogens is 2. The van der Waals surface area contributed by atoms with E-state index in [0.29, 0.717) is 18.7 Å². The van der Waals surface area contributed by atoms with E-state index in [1.807, 2.05) is 0 Å². The smallest absolute Gasteiger partial charge is 0.245 e. The van der Waals surface area contributed by atoms with Crippen molar-refractivity contribution in [3.63, 3.8) is 0 Å². The van der Waals surface area contributed by atoms with Crippen molar-refractivity contribution in [1.29, 1.82) is 0 Å². The molecule has 0 bridgehead atoms. The second-order valence-electron chi connectivity index (χ2n) is 4.05. The Morgan fingerprint density at radius 1 is 1.44 bits per heavy atom. The standard InChI is InChI=1S/C10H10BF2NO3S/c1-14(4-6-5-17-6)18(15,16)10-3-8(12)7(11)2-9(10)13/h2-3,6H,4-5H2,1H3/t6-/m0/s1. The topological polar surface area (TPSA) is 49.9 Å². The van der Waals surface area contributed by atoms with Crippen LogP contribution >= 0.6 is 0 Å². The maximum Gasteiger partial charge on any atom is 0.245 e. The van der Waals surface area contributed by atoms with E-state index >= 15 is 0 Å². The van der Waals surface area contributed by atoms with Crippen LogP contribution in [0, 0.1) is 11.6 Å². The lowest BCUT2D eigenvalue weighted by Gasteiger charge is -2.16. The van der Waals surface area contributed by atoms with E-state index in [-0.39, 0.29) is 12.6 Å². The minimum absolute atomic E-state index is 0.105. The van der Waals surface area contributed by atoms with Gasteiger partial charge in [0.1, 0.15) is 24.4 Å². The lowest BCUT2D eigenvalue weighted by Crippen LogP contribution is -2.31. The van der Waals surface area contributed by atoms with Crippen LogP contribution in [0.4, 0.5) is 8.78 Å². The van der Waals surface area contributed by atoms with Crippen LogP contribution in [0.2, 0.25) is 0 Å². The van der Waals surface area contributed by atoms with Crippen molar-refractivity contribution in [3.05, 3.63) is 23.8 Å². The van der Waals surface area contributed by atoms with Crippen LogP contribution < -0.4 is 5.46 Å². The average molecular weight is 273 g/mol. The Labute approximate surface area is 105 Å². The van der Waals surface area contributed by atoms with Crippen LogP contribution in [0.1, 0.15) is 0 Å². The van der Waals surface area contributed by atoms with Gasteiger partial charge in [-0.05, 0) is 12.1 Å². The number of nitrogens with zero attached hydrogens (tertiary/aromatic N) is 1. The SMILES string of the molecule is [B]c1cc(F)c(S(=O)(=O)N(C)C[C@H]2CO2)cc1F. The van der Waals surface area contributed by atoms with Gasteiger partial charge in [0.2, 0.25) is 10.0 Å². The zero-order chi connectivity index (χ0) is 13.5. The van der Waals surface area contributed by atoms with Gasteiger partial charge < -0.3 is 4.74 Å². The average Bonchev–Trinajstić information content (AvgIpc) is 3.07. The quantitative estimate of drug-likeness (QED) is 0.563. The van der Waals surface area contributed by atoms with Gasteiger partial charge in [0, 0.05) is 13.6 Å². The summed E-state index contributed by atoms with van der Waals surface area (Å²) in [6.07, 6.45) is -0.175. The monoisotopic (exact) mass is 273 g/mol. The molecule has 2 radical (unpaired) electrons. The first-order valence-electron chi connectivity index (χ1n) is 5.15. The fourth-order valence-electron chi connectivity index (χ4n) is 1.47. The molecule has 1 aliphatic heterocycles. The Kier molecular flexibility index (Phi) is 3.44. The van der Waals surface area contributed by atoms with Gasteiger partial charge in [-0.25, -0.2) is 17.2 Å². The molecule has 8 heteroatoms. The number of likely N-dealkylation sites (N-methyl/N-ethyl adjacent to an activating group) is 1. The molecule has 0 unspecified atom stereocenters. The van der Waals surface area contributed by atoms with Gasteiger partial charge >= 0.3 is 0 Å². The third-order valence-corrected chi connectivity index (χ3v) is 4.44. The van der Waals surface area contributed by atoms with Crippen LogP contribution in [0.3, 0.4) is 0 Å². The summed E-state index contributed by atoms with van der Waals surface area (Å²) in [4.78, 5) is -0.725. The minimum atomic E-state index is -4.08. The first-order chi connectivity index (χ1) is 8.32. The summed E-state index contributed by atoms with van der Waals surface area (Å²) in [5.74, 6) is -2.04. The number of rotatable bonds is 4. The van der Waals surface area contributed by atoms with Crippen LogP contribution in [0.15, 0.2) is 17.0 Å². The Balaban J connectivity index is 2.36. The fourth-order valence-corrected chi connectivity index (χ4v) is 2.72. The molecule has 0 amide bonds. The summed E-state index contributed by atoms with van der Waals surface area (Å²) in [6, 6.07) is 1.24. The molecule has 0 spiro atoms. The highest BCUT2D eigenvalue weighted by Crippen LogP contribution is 2.20. The zero-order valence-electron chi connectivity index (χ0n) is 9.56. The van der Waals surface area contributed by atoms with E-state index in [1.165, 1.54) is 7.05 Å². The Morgan fingerprint density at radius 2 is 2.06 bits per heavy atom. The summed E-state index contributed by atoms with van der Waals surface area (Å²) >= 11 is 0. The van der Waals surface area contributed by atoms with Gasteiger partial charge in [-0.2, -0.15) is 4.31 Å². The normalized spacial score (nSPS) is 19.2. The van der Waals surface area contributed by atoms with Crippen LogP contribution in [0.5, 0.6) is 0 Å². The summed E-state index contributed by atoms with van der Waals surface area (Å²) in [5, 5.41) is 0. The molecule has 1 aliphatic rings. The molecule has 1 heterocycles. The van der Waals surface area contributed by atoms with Crippen molar-refractivity contribution in [3.8, 4) is 0 Å². The Bertz CT molecular complexity index is 575. The number of hydrogen-bond acceptors (Lipinski definition) is 3. The first-order valence-corrected chi connectivity index (χ1v) is 6.59. The van der Waals surface area contributed by atoms with Crippen molar-refractivity contribution in [2.75, 3.05) is 20.2 Å². The number of epoxide rings is 1. The molecule has 96 valence electrons. The summed E-state index contributed by atoms with van der Waals surface area (Å²) in [7, 11) is 2.36. The largest absolute Gasteiger partial charge is 0.372 e. The second kappa shape index (κ2) is 4.60. The molecule has 4 nitrogen and oxygen atoms in total. The summed E-state index contributed by atoms with van der Waals surface area (Å²) in [5.41, 5.74) is -0.431. The van der Waals surface area contributed by atoms with Crippen molar-refractivity contribution >= 4 is 23.3 Å². The molecule has 0 N–H and O–H groups in total. The van der Waals surface area contributed by atoms with Gasteiger partial charge in [-0.3, -0.25) is 0 Å². The maximum atomic E-state index is 13.6. The number of ether oxygens (including phenoxy) is 1. The summed E-state index contributed by atoms with van der Waals surface area (Å²) in [6.45, 7) is 0.576. The zero-order valence-corrected chi connectivity index (χ0v) is 10.4. The molecular formula is C10H10BF2NO3S. The lowest BCUT2D eigenvalue weighted by atomic mass is 9.96. The first kappa shape index (κ1) is 13.4. The lowest BCUT2D eigenvalue weighted by molar-refractivity contribution is 0.358. The molecule has 1 atom stereocenters. The van der Waals surface area contributed by atoms with E-state index in [9.17, 15) is 17.2 Å². The maximum absolute atomic E-state index is 13.6. The van der Waals surface area contributed by atoms with E-state index in [1.54, 1.807) is 0 Å². The van der Waals surface area contributed by atoms with Crippen LogP contribution in [-0.4, -0.2) is 46.9 Å². The van der Waals surface area contributed by atoms with Crippen molar-refractivity contribution in [1.82, 2.24) is 4.31 Å². The van der Waals surface area contributed by atoms with Crippen LogP contribution in [-0.2, 0) is 14.8 Å². The molecular weight excluding hydrogens is 263 g/mol. The fraction of sp³-hybridized carbons (Fsp3) is 0.400. The number of hydrogen-bond donors (Lipinski definition) is 0. The Hall–Kier alpha value is -0.985. The number of sulfonamides is 1. The van der Waals surface area contributed by atoms with Crippen molar-refractivity contribution in [2.45, 2.75) is 11.0 Å². The van der Waals surface area contributed by atoms with Crippen molar-refractivity contribution < 1.29 is 21.9 Å². The minimum Gasteiger partial charge on any atom is -0.372 e. The molecule has 2 rings (SSSR count). The van der Waals surface area contributed by atoms with Gasteiger partial charge in [0.25, 0.3) is 0 Å². The van der Waals surface area contributed by atoms with E-state index in [2.05, 4.69) is 0 Å². The van der Waals surface area contributed by atoms with E-state index in [4.69, 9.17) is 12.6 Å². The molecule has 18 heavy (non-hydrogen) atoms. The third-order valence-electron chi connectivity index (χ3n) is 2.60. The summed E-state index contributed by atoms with van der Waals surface area (Å²) < 4.78 is 56.6. The predicted molar refractivity (Wildman–Crippen MR) is 61.3 cm³/mol. The molecule has 1 fully saturated rings. The highest BCUT2D eigenvalue weighted by atomic mass is 32.2. The molecule has 1 aromatic carbocycles. The van der Waals surface area contributed by atoms with E-state index < -0.39 is 32.0 Å². The second-order valence-corrected chi connectivity index (χ2v) is 6.06. The van der Waals surface area contributed by atoms with Gasteiger partial charge in [0.15, 0.2) is 0 Å². The van der Waals surface area contributed by atoms with Crippen molar-refractivity contribution in [2.24, 2.45) is 0 Å².